The van der Waals surface area contributed by atoms with Crippen LogP contribution in [-0.4, -0.2) is 23.9 Å². The fraction of sp³-hybridized carbons (Fsp3) is 0.182. The summed E-state index contributed by atoms with van der Waals surface area (Å²) in [5, 5.41) is 13.2. The van der Waals surface area contributed by atoms with Crippen molar-refractivity contribution in [2.45, 2.75) is 12.5 Å². The van der Waals surface area contributed by atoms with E-state index in [1.165, 1.54) is 24.3 Å². The quantitative estimate of drug-likeness (QED) is 0.775. The van der Waals surface area contributed by atoms with Gasteiger partial charge >= 0.3 is 6.03 Å². The van der Waals surface area contributed by atoms with E-state index in [-0.39, 0.29) is 0 Å². The number of nitrogens with zero attached hydrogens (tertiary/aromatic N) is 1. The number of imide groups is 1. The summed E-state index contributed by atoms with van der Waals surface area (Å²) in [6.45, 7) is 0. The number of hydrogen-bond acceptors (Lipinski definition) is 4. The number of urea groups is 1. The first-order valence-electron chi connectivity index (χ1n) is 5.09. The minimum atomic E-state index is -1.40. The lowest BCUT2D eigenvalue weighted by Crippen LogP contribution is -2.37. The average Bonchev–Trinajstić information content (AvgIpc) is 2.55. The van der Waals surface area contributed by atoms with Crippen molar-refractivity contribution in [2.24, 2.45) is 0 Å². The van der Waals surface area contributed by atoms with Crippen molar-refractivity contribution in [1.29, 1.82) is 0 Å². The molecule has 2 rings (SSSR count). The van der Waals surface area contributed by atoms with Crippen LogP contribution in [0.15, 0.2) is 24.3 Å². The van der Waals surface area contributed by atoms with E-state index < -0.39 is 30.4 Å². The molecule has 3 amide bonds. The van der Waals surface area contributed by atoms with Crippen molar-refractivity contribution in [3.63, 3.8) is 0 Å². The molecule has 18 heavy (non-hydrogen) atoms. The first kappa shape index (κ1) is 12.4. The molecular weight excluding hydrogens is 260 g/mol. The number of carboxylic acid groups (broad SMARTS) is 1. The molecular formula is C11H8ClN2O4-. The molecule has 6 nitrogen and oxygen atoms in total. The second kappa shape index (κ2) is 4.66. The van der Waals surface area contributed by atoms with Gasteiger partial charge in [-0.2, -0.15) is 0 Å². The summed E-state index contributed by atoms with van der Waals surface area (Å²) in [6, 6.07) is 4.32. The number of nitrogens with one attached hydrogen (secondary N) is 1. The van der Waals surface area contributed by atoms with Crippen molar-refractivity contribution in [3.05, 3.63) is 29.3 Å². The summed E-state index contributed by atoms with van der Waals surface area (Å²) >= 11 is 5.70. The number of carboxylic acids is 1. The van der Waals surface area contributed by atoms with Crippen LogP contribution in [0.2, 0.25) is 5.02 Å². The molecule has 1 aliphatic heterocycles. The highest BCUT2D eigenvalue weighted by atomic mass is 35.5. The summed E-state index contributed by atoms with van der Waals surface area (Å²) in [5.41, 5.74) is 0.336. The van der Waals surface area contributed by atoms with Gasteiger partial charge < -0.3 is 15.2 Å². The maximum atomic E-state index is 11.9. The van der Waals surface area contributed by atoms with Crippen LogP contribution < -0.4 is 15.3 Å². The van der Waals surface area contributed by atoms with E-state index in [0.717, 1.165) is 4.90 Å². The van der Waals surface area contributed by atoms with Gasteiger partial charge in [0.2, 0.25) is 0 Å². The van der Waals surface area contributed by atoms with Gasteiger partial charge in [0.25, 0.3) is 5.91 Å². The Hall–Kier alpha value is -2.08. The van der Waals surface area contributed by atoms with E-state index >= 15 is 0 Å². The molecule has 0 spiro atoms. The van der Waals surface area contributed by atoms with E-state index in [1.807, 2.05) is 0 Å². The largest absolute Gasteiger partial charge is 0.550 e. The number of aliphatic carboxylic acids is 1. The van der Waals surface area contributed by atoms with E-state index in [1.54, 1.807) is 0 Å². The molecule has 0 aromatic heterocycles. The third-order valence-corrected chi connectivity index (χ3v) is 2.73. The van der Waals surface area contributed by atoms with Crippen LogP contribution in [-0.2, 0) is 9.59 Å². The number of carbonyl (C=O) groups excluding carboxylic acids is 3. The average molecular weight is 268 g/mol. The summed E-state index contributed by atoms with van der Waals surface area (Å²) in [5.74, 6) is -2.02. The molecule has 1 aromatic carbocycles. The third-order valence-electron chi connectivity index (χ3n) is 2.47. The lowest BCUT2D eigenvalue weighted by atomic mass is 10.2. The van der Waals surface area contributed by atoms with Crippen LogP contribution in [0.4, 0.5) is 10.5 Å². The topological polar surface area (TPSA) is 89.5 Å². The summed E-state index contributed by atoms with van der Waals surface area (Å²) in [7, 11) is 0. The number of hydrogen-bond donors (Lipinski definition) is 1. The Kier molecular flexibility index (Phi) is 3.20. The lowest BCUT2D eigenvalue weighted by molar-refractivity contribution is -0.306. The second-order valence-corrected chi connectivity index (χ2v) is 4.16. The predicted octanol–water partition coefficient (Wildman–Crippen LogP) is -0.0952. The highest BCUT2D eigenvalue weighted by Crippen LogP contribution is 2.22. The Bertz CT molecular complexity index is 514. The molecule has 0 saturated carbocycles. The van der Waals surface area contributed by atoms with Gasteiger partial charge in [-0.05, 0) is 24.3 Å². The molecule has 1 aliphatic rings. The molecule has 1 atom stereocenters. The fourth-order valence-electron chi connectivity index (χ4n) is 1.67. The molecule has 7 heteroatoms. The van der Waals surface area contributed by atoms with Gasteiger partial charge in [0.15, 0.2) is 0 Å². The number of amides is 3. The van der Waals surface area contributed by atoms with Crippen molar-refractivity contribution < 1.29 is 19.5 Å². The number of anilines is 1. The van der Waals surface area contributed by atoms with Gasteiger partial charge in [0.05, 0.1) is 5.69 Å². The summed E-state index contributed by atoms with van der Waals surface area (Å²) in [4.78, 5) is 34.8. The molecule has 0 aliphatic carbocycles. The zero-order chi connectivity index (χ0) is 13.3. The van der Waals surface area contributed by atoms with Crippen molar-refractivity contribution in [2.75, 3.05) is 4.90 Å². The smallest absolute Gasteiger partial charge is 0.329 e. The van der Waals surface area contributed by atoms with Crippen molar-refractivity contribution >= 4 is 35.2 Å². The predicted molar refractivity (Wildman–Crippen MR) is 60.9 cm³/mol. The van der Waals surface area contributed by atoms with Gasteiger partial charge in [0, 0.05) is 17.4 Å². The van der Waals surface area contributed by atoms with Crippen LogP contribution in [0.25, 0.3) is 0 Å². The molecule has 1 heterocycles. The lowest BCUT2D eigenvalue weighted by Gasteiger charge is -2.13. The van der Waals surface area contributed by atoms with Gasteiger partial charge in [-0.15, -0.1) is 0 Å². The molecule has 0 bridgehead atoms. The molecule has 94 valence electrons. The monoisotopic (exact) mass is 267 g/mol. The van der Waals surface area contributed by atoms with Gasteiger partial charge in [0.1, 0.15) is 6.04 Å². The number of rotatable bonds is 3. The highest BCUT2D eigenvalue weighted by Gasteiger charge is 2.38. The van der Waals surface area contributed by atoms with Crippen LogP contribution in [0.1, 0.15) is 6.42 Å². The van der Waals surface area contributed by atoms with Gasteiger partial charge in [-0.1, -0.05) is 11.6 Å². The molecule has 1 aromatic rings. The van der Waals surface area contributed by atoms with Crippen LogP contribution in [0.5, 0.6) is 0 Å². The molecule has 0 unspecified atom stereocenters. The Morgan fingerprint density at radius 3 is 2.50 bits per heavy atom. The number of halogens is 1. The second-order valence-electron chi connectivity index (χ2n) is 3.73. The minimum absolute atomic E-state index is 0.336. The zero-order valence-corrected chi connectivity index (χ0v) is 9.81. The number of carbonyl (C=O) groups is 3. The molecule has 1 N–H and O–H groups in total. The Labute approximate surface area is 107 Å². The highest BCUT2D eigenvalue weighted by molar-refractivity contribution is 6.30. The van der Waals surface area contributed by atoms with Gasteiger partial charge in [-0.25, -0.2) is 9.69 Å². The van der Waals surface area contributed by atoms with Gasteiger partial charge in [-0.3, -0.25) is 4.79 Å². The minimum Gasteiger partial charge on any atom is -0.550 e. The Balaban J connectivity index is 2.24. The van der Waals surface area contributed by atoms with Crippen molar-refractivity contribution in [3.8, 4) is 0 Å². The zero-order valence-electron chi connectivity index (χ0n) is 9.05. The van der Waals surface area contributed by atoms with E-state index in [9.17, 15) is 19.5 Å². The summed E-state index contributed by atoms with van der Waals surface area (Å²) in [6.07, 6.45) is -0.547. The fourth-order valence-corrected chi connectivity index (χ4v) is 1.80. The SMILES string of the molecule is O=C([O-])C[C@@H]1NC(=O)N(c2ccc(Cl)cc2)C1=O. The number of benzene rings is 1. The van der Waals surface area contributed by atoms with Crippen LogP contribution in [0.3, 0.4) is 0 Å². The summed E-state index contributed by atoms with van der Waals surface area (Å²) < 4.78 is 0. The normalized spacial score (nSPS) is 18.9. The van der Waals surface area contributed by atoms with E-state index in [0.29, 0.717) is 10.7 Å². The third kappa shape index (κ3) is 2.28. The first-order chi connectivity index (χ1) is 8.49. The molecule has 1 fully saturated rings. The van der Waals surface area contributed by atoms with Crippen LogP contribution >= 0.6 is 11.6 Å². The van der Waals surface area contributed by atoms with Crippen LogP contribution in [0, 0.1) is 0 Å². The van der Waals surface area contributed by atoms with Crippen molar-refractivity contribution in [1.82, 2.24) is 5.32 Å². The molecule has 0 radical (unpaired) electrons. The van der Waals surface area contributed by atoms with E-state index in [4.69, 9.17) is 11.6 Å². The first-order valence-corrected chi connectivity index (χ1v) is 5.46. The maximum absolute atomic E-state index is 11.9. The standard InChI is InChI=1S/C11H9ClN2O4/c12-6-1-3-7(4-2-6)14-10(17)8(5-9(15)16)13-11(14)18/h1-4,8H,5H2,(H,13,18)(H,15,16)/p-1/t8-/m0/s1. The Morgan fingerprint density at radius 2 is 1.94 bits per heavy atom. The Morgan fingerprint density at radius 1 is 1.33 bits per heavy atom. The maximum Gasteiger partial charge on any atom is 0.329 e. The molecule has 1 saturated heterocycles. The van der Waals surface area contributed by atoms with E-state index in [2.05, 4.69) is 5.32 Å².